The first-order valence-electron chi connectivity index (χ1n) is 8.76. The van der Waals surface area contributed by atoms with Crippen molar-refractivity contribution in [1.29, 1.82) is 0 Å². The van der Waals surface area contributed by atoms with Crippen LogP contribution in [0.4, 0.5) is 5.69 Å². The van der Waals surface area contributed by atoms with E-state index < -0.39 is 0 Å². The average molecular weight is 325 g/mol. The molecule has 1 aromatic heterocycles. The third-order valence-corrected chi connectivity index (χ3v) is 3.98. The third kappa shape index (κ3) is 5.37. The minimum absolute atomic E-state index is 0.0195. The number of nitrogens with one attached hydrogen (secondary N) is 1. The molecule has 0 radical (unpaired) electrons. The number of hydrogen-bond acceptors (Lipinski definition) is 3. The van der Waals surface area contributed by atoms with E-state index in [4.69, 9.17) is 0 Å². The molecule has 0 saturated heterocycles. The zero-order valence-corrected chi connectivity index (χ0v) is 14.7. The quantitative estimate of drug-likeness (QED) is 0.697. The first-order chi connectivity index (χ1) is 11.7. The van der Waals surface area contributed by atoms with E-state index in [-0.39, 0.29) is 5.91 Å². The van der Waals surface area contributed by atoms with Crippen molar-refractivity contribution in [3.63, 3.8) is 0 Å². The van der Waals surface area contributed by atoms with Gasteiger partial charge in [0.25, 0.3) is 5.91 Å². The highest BCUT2D eigenvalue weighted by Crippen LogP contribution is 2.13. The summed E-state index contributed by atoms with van der Waals surface area (Å²) in [5.41, 5.74) is 2.68. The Bertz CT molecular complexity index is 628. The Morgan fingerprint density at radius 2 is 1.92 bits per heavy atom. The molecule has 0 aliphatic rings. The Labute approximate surface area is 144 Å². The monoisotopic (exact) mass is 325 g/mol. The van der Waals surface area contributed by atoms with Crippen molar-refractivity contribution >= 4 is 11.6 Å². The van der Waals surface area contributed by atoms with Gasteiger partial charge in [0.05, 0.1) is 11.3 Å². The highest BCUT2D eigenvalue weighted by molar-refractivity contribution is 5.94. The van der Waals surface area contributed by atoms with Gasteiger partial charge in [-0.3, -0.25) is 9.78 Å². The summed E-state index contributed by atoms with van der Waals surface area (Å²) in [5.74, 6) is 0.0195. The highest BCUT2D eigenvalue weighted by atomic mass is 16.2. The summed E-state index contributed by atoms with van der Waals surface area (Å²) in [6.45, 7) is 6.38. The molecule has 4 nitrogen and oxygen atoms in total. The molecule has 1 amide bonds. The maximum atomic E-state index is 12.8. The number of hydrogen-bond donors (Lipinski definition) is 1. The number of aromatic nitrogens is 1. The van der Waals surface area contributed by atoms with Gasteiger partial charge in [-0.15, -0.1) is 0 Å². The second kappa shape index (κ2) is 9.71. The molecule has 0 atom stereocenters. The van der Waals surface area contributed by atoms with Crippen molar-refractivity contribution in [3.8, 4) is 0 Å². The van der Waals surface area contributed by atoms with E-state index in [1.165, 1.54) is 12.8 Å². The molecule has 0 saturated carbocycles. The fraction of sp³-hybridized carbons (Fsp3) is 0.400. The number of benzene rings is 1. The van der Waals surface area contributed by atoms with E-state index in [0.29, 0.717) is 18.7 Å². The molecule has 1 aromatic carbocycles. The smallest absolute Gasteiger partial charge is 0.255 e. The van der Waals surface area contributed by atoms with Gasteiger partial charge in [0, 0.05) is 32.0 Å². The minimum Gasteiger partial charge on any atom is -0.384 e. The zero-order chi connectivity index (χ0) is 17.2. The lowest BCUT2D eigenvalue weighted by Gasteiger charge is -2.21. The summed E-state index contributed by atoms with van der Waals surface area (Å²) < 4.78 is 0. The van der Waals surface area contributed by atoms with Gasteiger partial charge >= 0.3 is 0 Å². The molecule has 0 aliphatic heterocycles. The summed E-state index contributed by atoms with van der Waals surface area (Å²) in [7, 11) is 0. The van der Waals surface area contributed by atoms with Crippen LogP contribution in [0.1, 0.15) is 49.0 Å². The molecule has 4 heteroatoms. The Balaban J connectivity index is 2.01. The van der Waals surface area contributed by atoms with Crippen molar-refractivity contribution in [1.82, 2.24) is 9.88 Å². The molecule has 0 fully saturated rings. The maximum Gasteiger partial charge on any atom is 0.255 e. The zero-order valence-electron chi connectivity index (χ0n) is 14.7. The molecule has 0 spiro atoms. The fourth-order valence-corrected chi connectivity index (χ4v) is 2.57. The molecular weight excluding hydrogens is 298 g/mol. The predicted molar refractivity (Wildman–Crippen MR) is 99.1 cm³/mol. The van der Waals surface area contributed by atoms with Gasteiger partial charge in [0.15, 0.2) is 0 Å². The molecule has 0 bridgehead atoms. The van der Waals surface area contributed by atoms with Crippen LogP contribution in [0.25, 0.3) is 0 Å². The van der Waals surface area contributed by atoms with E-state index in [1.54, 1.807) is 12.4 Å². The minimum atomic E-state index is 0.0195. The van der Waals surface area contributed by atoms with E-state index in [2.05, 4.69) is 17.2 Å². The summed E-state index contributed by atoms with van der Waals surface area (Å²) >= 11 is 0. The van der Waals surface area contributed by atoms with E-state index in [0.717, 1.165) is 24.2 Å². The van der Waals surface area contributed by atoms with Crippen LogP contribution >= 0.6 is 0 Å². The van der Waals surface area contributed by atoms with Crippen molar-refractivity contribution in [3.05, 3.63) is 59.9 Å². The first-order valence-corrected chi connectivity index (χ1v) is 8.76. The van der Waals surface area contributed by atoms with E-state index in [9.17, 15) is 4.79 Å². The topological polar surface area (TPSA) is 45.2 Å². The molecule has 0 unspecified atom stereocenters. The third-order valence-electron chi connectivity index (χ3n) is 3.98. The SMILES string of the molecule is CCCCCNc1cncc(C(=O)N(CC)Cc2ccccc2)c1. The highest BCUT2D eigenvalue weighted by Gasteiger charge is 2.15. The summed E-state index contributed by atoms with van der Waals surface area (Å²) in [5, 5.41) is 3.35. The average Bonchev–Trinajstić information content (AvgIpc) is 2.64. The number of nitrogens with zero attached hydrogens (tertiary/aromatic N) is 2. The van der Waals surface area contributed by atoms with Crippen LogP contribution in [0.2, 0.25) is 0 Å². The van der Waals surface area contributed by atoms with Gasteiger partial charge < -0.3 is 10.2 Å². The number of carbonyl (C=O) groups is 1. The van der Waals surface area contributed by atoms with Crippen LogP contribution in [0.3, 0.4) is 0 Å². The second-order valence-electron chi connectivity index (χ2n) is 5.90. The molecule has 128 valence electrons. The van der Waals surface area contributed by atoms with Crippen LogP contribution < -0.4 is 5.32 Å². The lowest BCUT2D eigenvalue weighted by Crippen LogP contribution is -2.30. The van der Waals surface area contributed by atoms with Gasteiger partial charge in [-0.25, -0.2) is 0 Å². The Hall–Kier alpha value is -2.36. The summed E-state index contributed by atoms with van der Waals surface area (Å²) in [4.78, 5) is 18.8. The van der Waals surface area contributed by atoms with Crippen LogP contribution in [0.15, 0.2) is 48.8 Å². The van der Waals surface area contributed by atoms with Gasteiger partial charge in [0.2, 0.25) is 0 Å². The van der Waals surface area contributed by atoms with E-state index in [1.807, 2.05) is 48.2 Å². The molecule has 0 aliphatic carbocycles. The van der Waals surface area contributed by atoms with Crippen molar-refractivity contribution in [2.75, 3.05) is 18.4 Å². The Kier molecular flexibility index (Phi) is 7.27. The molecule has 2 rings (SSSR count). The van der Waals surface area contributed by atoms with Gasteiger partial charge in [-0.2, -0.15) is 0 Å². The fourth-order valence-electron chi connectivity index (χ4n) is 2.57. The van der Waals surface area contributed by atoms with Gasteiger partial charge in [-0.1, -0.05) is 50.1 Å². The molecular formula is C20H27N3O. The number of rotatable bonds is 9. The molecule has 24 heavy (non-hydrogen) atoms. The van der Waals surface area contributed by atoms with Gasteiger partial charge in [0.1, 0.15) is 0 Å². The number of carbonyl (C=O) groups excluding carboxylic acids is 1. The lowest BCUT2D eigenvalue weighted by atomic mass is 10.2. The summed E-state index contributed by atoms with van der Waals surface area (Å²) in [6, 6.07) is 12.0. The maximum absolute atomic E-state index is 12.8. The van der Waals surface area contributed by atoms with Crippen LogP contribution in [-0.2, 0) is 6.54 Å². The number of amides is 1. The number of anilines is 1. The van der Waals surface area contributed by atoms with Gasteiger partial charge in [-0.05, 0) is 25.0 Å². The molecule has 1 heterocycles. The summed E-state index contributed by atoms with van der Waals surface area (Å²) in [6.07, 6.45) is 6.95. The standard InChI is InChI=1S/C20H27N3O/c1-3-5-9-12-22-19-13-18(14-21-15-19)20(24)23(4-2)16-17-10-7-6-8-11-17/h6-8,10-11,13-15,22H,3-5,9,12,16H2,1-2H3. The predicted octanol–water partition coefficient (Wildman–Crippen LogP) is 4.35. The lowest BCUT2D eigenvalue weighted by molar-refractivity contribution is 0.0752. The Morgan fingerprint density at radius 3 is 2.62 bits per heavy atom. The second-order valence-corrected chi connectivity index (χ2v) is 5.90. The van der Waals surface area contributed by atoms with Crippen LogP contribution in [-0.4, -0.2) is 28.9 Å². The number of pyridine rings is 1. The van der Waals surface area contributed by atoms with Crippen molar-refractivity contribution in [2.45, 2.75) is 39.7 Å². The first kappa shape index (κ1) is 18.0. The van der Waals surface area contributed by atoms with Crippen LogP contribution in [0.5, 0.6) is 0 Å². The van der Waals surface area contributed by atoms with E-state index >= 15 is 0 Å². The number of unbranched alkanes of at least 4 members (excludes halogenated alkanes) is 2. The molecule has 1 N–H and O–H groups in total. The molecule has 2 aromatic rings. The Morgan fingerprint density at radius 1 is 1.12 bits per heavy atom. The van der Waals surface area contributed by atoms with Crippen molar-refractivity contribution in [2.24, 2.45) is 0 Å². The van der Waals surface area contributed by atoms with Crippen molar-refractivity contribution < 1.29 is 4.79 Å². The normalized spacial score (nSPS) is 10.4. The largest absolute Gasteiger partial charge is 0.384 e. The van der Waals surface area contributed by atoms with Crippen LogP contribution in [0, 0.1) is 0 Å².